The maximum absolute atomic E-state index is 12.3. The number of amides is 2. The molecule has 1 aromatic rings. The van der Waals surface area contributed by atoms with Gasteiger partial charge in [-0.3, -0.25) is 4.55 Å². The van der Waals surface area contributed by atoms with E-state index in [-0.39, 0.29) is 13.2 Å². The number of hydrogen-bond donors (Lipinski definition) is 1. The molecule has 2 aliphatic rings. The van der Waals surface area contributed by atoms with Gasteiger partial charge in [-0.05, 0) is 18.4 Å². The van der Waals surface area contributed by atoms with Crippen LogP contribution in [0.4, 0.5) is 4.79 Å². The summed E-state index contributed by atoms with van der Waals surface area (Å²) in [7, 11) is -4.80. The number of ether oxygens (including phenoxy) is 1. The van der Waals surface area contributed by atoms with Crippen molar-refractivity contribution in [1.29, 1.82) is 0 Å². The average molecular weight is 356 g/mol. The molecule has 24 heavy (non-hydrogen) atoms. The van der Waals surface area contributed by atoms with E-state index >= 15 is 0 Å². The maximum Gasteiger partial charge on any atom is 0.418 e. The molecule has 0 aromatic heterocycles. The highest BCUT2D eigenvalue weighted by atomic mass is 32.3. The highest BCUT2D eigenvalue weighted by Crippen LogP contribution is 2.31. The number of carbonyl (C=O) groups excluding carboxylic acids is 2. The van der Waals surface area contributed by atoms with Gasteiger partial charge in [0.25, 0.3) is 0 Å². The van der Waals surface area contributed by atoms with Gasteiger partial charge in [-0.1, -0.05) is 30.3 Å². The number of hydrogen-bond acceptors (Lipinski definition) is 6. The Morgan fingerprint density at radius 2 is 1.96 bits per heavy atom. The Labute approximate surface area is 138 Å². The van der Waals surface area contributed by atoms with E-state index in [0.29, 0.717) is 17.9 Å². The van der Waals surface area contributed by atoms with Gasteiger partial charge in [-0.15, -0.1) is 4.28 Å². The third kappa shape index (κ3) is 3.50. The molecule has 2 atom stereocenters. The molecule has 1 aromatic carbocycles. The number of urea groups is 1. The number of piperidine rings is 1. The molecule has 0 saturated carbocycles. The van der Waals surface area contributed by atoms with Crippen molar-refractivity contribution in [3.63, 3.8) is 0 Å². The Balaban J connectivity index is 1.64. The molecule has 2 aliphatic heterocycles. The van der Waals surface area contributed by atoms with E-state index < -0.39 is 34.5 Å². The summed E-state index contributed by atoms with van der Waals surface area (Å²) in [5, 5.41) is 0.597. The zero-order valence-corrected chi connectivity index (χ0v) is 13.4. The molecule has 1 N–H and O–H groups in total. The lowest BCUT2D eigenvalue weighted by Crippen LogP contribution is -2.45. The fourth-order valence-corrected chi connectivity index (χ4v) is 3.29. The van der Waals surface area contributed by atoms with Crippen molar-refractivity contribution in [2.75, 3.05) is 6.54 Å². The first-order valence-corrected chi connectivity index (χ1v) is 8.69. The molecule has 9 nitrogen and oxygen atoms in total. The predicted molar refractivity (Wildman–Crippen MR) is 79.6 cm³/mol. The molecule has 2 fully saturated rings. The molecule has 0 aliphatic carbocycles. The van der Waals surface area contributed by atoms with Gasteiger partial charge in [-0.25, -0.2) is 9.59 Å². The number of rotatable bonds is 5. The molecule has 2 saturated heterocycles. The van der Waals surface area contributed by atoms with Crippen molar-refractivity contribution in [3.8, 4) is 0 Å². The van der Waals surface area contributed by atoms with Crippen molar-refractivity contribution in [3.05, 3.63) is 35.9 Å². The second kappa shape index (κ2) is 6.38. The number of carbonyl (C=O) groups is 2. The van der Waals surface area contributed by atoms with Gasteiger partial charge in [0, 0.05) is 6.54 Å². The van der Waals surface area contributed by atoms with Crippen LogP contribution in [-0.4, -0.2) is 53.6 Å². The van der Waals surface area contributed by atoms with Gasteiger partial charge in [0.15, 0.2) is 0 Å². The Kier molecular flexibility index (Phi) is 4.43. The maximum atomic E-state index is 12.3. The summed E-state index contributed by atoms with van der Waals surface area (Å²) >= 11 is 0. The zero-order chi connectivity index (χ0) is 17.3. The van der Waals surface area contributed by atoms with E-state index in [1.807, 2.05) is 30.3 Å². The van der Waals surface area contributed by atoms with Crippen molar-refractivity contribution >= 4 is 22.4 Å². The van der Waals surface area contributed by atoms with Crippen LogP contribution in [-0.2, 0) is 30.8 Å². The minimum Gasteiger partial charge on any atom is -0.459 e. The highest BCUT2D eigenvalue weighted by molar-refractivity contribution is 7.80. The van der Waals surface area contributed by atoms with Gasteiger partial charge < -0.3 is 9.64 Å². The number of esters is 1. The first-order chi connectivity index (χ1) is 11.3. The second-order valence-corrected chi connectivity index (χ2v) is 6.61. The van der Waals surface area contributed by atoms with E-state index in [2.05, 4.69) is 4.28 Å². The summed E-state index contributed by atoms with van der Waals surface area (Å²) in [5.74, 6) is -0.556. The van der Waals surface area contributed by atoms with Gasteiger partial charge in [-0.2, -0.15) is 13.5 Å². The lowest BCUT2D eigenvalue weighted by molar-refractivity contribution is -0.151. The minimum absolute atomic E-state index is 0.0901. The predicted octanol–water partition coefficient (Wildman–Crippen LogP) is 0.733. The lowest BCUT2D eigenvalue weighted by Gasteiger charge is -2.28. The minimum atomic E-state index is -4.80. The number of hydroxylamine groups is 2. The van der Waals surface area contributed by atoms with Gasteiger partial charge in [0.05, 0.1) is 6.04 Å². The van der Waals surface area contributed by atoms with Crippen LogP contribution in [0.1, 0.15) is 18.4 Å². The number of fused-ring (bicyclic) bond motifs is 2. The van der Waals surface area contributed by atoms with Crippen LogP contribution in [0, 0.1) is 0 Å². The van der Waals surface area contributed by atoms with Crippen LogP contribution in [0.3, 0.4) is 0 Å². The summed E-state index contributed by atoms with van der Waals surface area (Å²) in [6, 6.07) is 7.01. The van der Waals surface area contributed by atoms with E-state index in [1.54, 1.807) is 0 Å². The quantitative estimate of drug-likeness (QED) is 0.611. The summed E-state index contributed by atoms with van der Waals surface area (Å²) in [6.45, 7) is 0.228. The second-order valence-electron chi connectivity index (χ2n) is 5.60. The summed E-state index contributed by atoms with van der Waals surface area (Å²) in [6.07, 6.45) is 0.693. The Morgan fingerprint density at radius 3 is 2.62 bits per heavy atom. The highest BCUT2D eigenvalue weighted by Gasteiger charge is 2.49. The third-order valence-corrected chi connectivity index (χ3v) is 4.34. The Morgan fingerprint density at radius 1 is 1.25 bits per heavy atom. The molecule has 130 valence electrons. The Bertz CT molecular complexity index is 737. The SMILES string of the molecule is O=C(OCc1ccccc1)C1CCC2CN1C(=O)N2OS(=O)(=O)O. The lowest BCUT2D eigenvalue weighted by atomic mass is 10.0. The van der Waals surface area contributed by atoms with E-state index in [0.717, 1.165) is 5.56 Å². The fraction of sp³-hybridized carbons (Fsp3) is 0.429. The standard InChI is InChI=1S/C14H16N2O7S/c17-13(22-9-10-4-2-1-3-5-10)12-7-6-11-8-15(12)14(18)16(11)23-24(19,20)21/h1-5,11-12H,6-9H2,(H,19,20,21). The summed E-state index contributed by atoms with van der Waals surface area (Å²) < 4.78 is 39.9. The topological polar surface area (TPSA) is 113 Å². The van der Waals surface area contributed by atoms with E-state index in [4.69, 9.17) is 9.29 Å². The molecule has 2 heterocycles. The number of benzene rings is 1. The van der Waals surface area contributed by atoms with Crippen LogP contribution in [0.2, 0.25) is 0 Å². The van der Waals surface area contributed by atoms with Crippen molar-refractivity contribution < 1.29 is 31.6 Å². The fourth-order valence-electron chi connectivity index (χ4n) is 2.90. The Hall–Kier alpha value is -2.17. The van der Waals surface area contributed by atoms with E-state index in [9.17, 15) is 18.0 Å². The van der Waals surface area contributed by atoms with Crippen molar-refractivity contribution in [2.45, 2.75) is 31.5 Å². The summed E-state index contributed by atoms with van der Waals surface area (Å²) in [5.41, 5.74) is 0.823. The molecule has 2 unspecified atom stereocenters. The first kappa shape index (κ1) is 16.7. The molecule has 0 radical (unpaired) electrons. The van der Waals surface area contributed by atoms with Crippen LogP contribution >= 0.6 is 0 Å². The average Bonchev–Trinajstić information content (AvgIpc) is 2.77. The summed E-state index contributed by atoms with van der Waals surface area (Å²) in [4.78, 5) is 25.7. The zero-order valence-electron chi connectivity index (χ0n) is 12.6. The monoisotopic (exact) mass is 356 g/mol. The van der Waals surface area contributed by atoms with Crippen molar-refractivity contribution in [2.24, 2.45) is 0 Å². The number of nitrogens with zero attached hydrogens (tertiary/aromatic N) is 2. The normalized spacial score (nSPS) is 23.5. The van der Waals surface area contributed by atoms with E-state index in [1.165, 1.54) is 4.90 Å². The van der Waals surface area contributed by atoms with Crippen LogP contribution < -0.4 is 0 Å². The third-order valence-electron chi connectivity index (χ3n) is 3.99. The van der Waals surface area contributed by atoms with Gasteiger partial charge in [0.2, 0.25) is 0 Å². The van der Waals surface area contributed by atoms with Gasteiger partial charge in [0.1, 0.15) is 12.6 Å². The molecule has 2 amide bonds. The smallest absolute Gasteiger partial charge is 0.418 e. The molecular weight excluding hydrogens is 340 g/mol. The molecular formula is C14H16N2O7S. The first-order valence-electron chi connectivity index (χ1n) is 7.32. The largest absolute Gasteiger partial charge is 0.459 e. The molecule has 2 bridgehead atoms. The van der Waals surface area contributed by atoms with Crippen molar-refractivity contribution in [1.82, 2.24) is 9.96 Å². The van der Waals surface area contributed by atoms with Crippen LogP contribution in [0.25, 0.3) is 0 Å². The molecule has 3 rings (SSSR count). The van der Waals surface area contributed by atoms with Crippen LogP contribution in [0.5, 0.6) is 0 Å². The van der Waals surface area contributed by atoms with Crippen LogP contribution in [0.15, 0.2) is 30.3 Å². The van der Waals surface area contributed by atoms with Gasteiger partial charge >= 0.3 is 22.4 Å². The molecule has 10 heteroatoms. The molecule has 0 spiro atoms.